The van der Waals surface area contributed by atoms with Gasteiger partial charge in [0.25, 0.3) is 0 Å². The third-order valence-corrected chi connectivity index (χ3v) is 12.7. The number of aliphatic hydroxyl groups is 2. The highest BCUT2D eigenvalue weighted by atomic mass is 16.5. The molecule has 2 aliphatic carbocycles. The largest absolute Gasteiger partial charge is 0.465 e. The number of unbranched alkanes of at least 4 members (excludes halogenated alkanes) is 2. The molecular weight excluding hydrogens is 689 g/mol. The van der Waals surface area contributed by atoms with Crippen LogP contribution in [0.2, 0.25) is 0 Å². The molecule has 0 amide bonds. The van der Waals surface area contributed by atoms with Crippen LogP contribution >= 0.6 is 0 Å². The summed E-state index contributed by atoms with van der Waals surface area (Å²) in [4.78, 5) is 16.5. The van der Waals surface area contributed by atoms with Gasteiger partial charge in [-0.1, -0.05) is 75.0 Å². The first-order valence-electron chi connectivity index (χ1n) is 20.3. The lowest BCUT2D eigenvalue weighted by molar-refractivity contribution is -0.121. The van der Waals surface area contributed by atoms with Gasteiger partial charge in [0, 0.05) is 48.9 Å². The summed E-state index contributed by atoms with van der Waals surface area (Å²) in [6.07, 6.45) is 19.2. The Hall–Kier alpha value is -4.93. The van der Waals surface area contributed by atoms with E-state index in [1.807, 2.05) is 36.5 Å². The average molecular weight is 739 g/mol. The van der Waals surface area contributed by atoms with Gasteiger partial charge in [0.05, 0.1) is 23.0 Å². The van der Waals surface area contributed by atoms with Crippen LogP contribution in [0, 0.1) is 35.2 Å². The van der Waals surface area contributed by atoms with E-state index in [1.54, 1.807) is 0 Å². The Morgan fingerprint density at radius 3 is 2.80 bits per heavy atom. The summed E-state index contributed by atoms with van der Waals surface area (Å²) in [6.45, 7) is 2.13. The molecule has 1 spiro atoms. The molecule has 2 bridgehead atoms. The van der Waals surface area contributed by atoms with Crippen molar-refractivity contribution in [3.8, 4) is 35.4 Å². The summed E-state index contributed by atoms with van der Waals surface area (Å²) in [5.74, 6) is 11.2. The number of ether oxygens (including phenoxy) is 2. The number of carbonyl (C=O) groups excluding carboxylic acids is 1. The minimum absolute atomic E-state index is 0.0361. The van der Waals surface area contributed by atoms with Gasteiger partial charge in [-0.3, -0.25) is 4.79 Å². The molecule has 3 aliphatic heterocycles. The van der Waals surface area contributed by atoms with Gasteiger partial charge < -0.3 is 40.3 Å². The minimum Gasteiger partial charge on any atom is -0.465 e. The minimum atomic E-state index is -1.03. The Morgan fingerprint density at radius 1 is 1.09 bits per heavy atom. The van der Waals surface area contributed by atoms with E-state index in [0.717, 1.165) is 96.5 Å². The number of rotatable bonds is 9. The molecular formula is C46H50N4O5. The van der Waals surface area contributed by atoms with E-state index >= 15 is 0 Å². The van der Waals surface area contributed by atoms with Gasteiger partial charge in [-0.2, -0.15) is 0 Å². The van der Waals surface area contributed by atoms with Crippen molar-refractivity contribution in [2.24, 2.45) is 17.1 Å². The fraction of sp³-hybridized carbons (Fsp3) is 0.457. The standard InChI is InChI=1S/C46H50N4O5/c1-2-3-4-7-30(51)23-31(52)11-8-28-9-17-40-41(22-28)55-45-37(46(20-21-54-40)18-5-6-19-46)15-16-39(53)33-13-14-34-42-29(24-49-44(34)47)10-12-32(43(33)42)35-25-48-38-27-50(45)26-36(35)38/h9,13-14,17,22,24-27,30,32,37,39,44-45,48-49,51,53H,2-8,10-12,18-19,23,47H2,1H3. The van der Waals surface area contributed by atoms with Crippen molar-refractivity contribution in [2.75, 3.05) is 0 Å². The maximum Gasteiger partial charge on any atom is 0.191 e. The molecule has 0 radical (unpaired) electrons. The highest BCUT2D eigenvalue weighted by Crippen LogP contribution is 2.52. The molecule has 5 heterocycles. The van der Waals surface area contributed by atoms with E-state index in [4.69, 9.17) is 15.2 Å². The van der Waals surface area contributed by atoms with E-state index in [9.17, 15) is 15.0 Å². The summed E-state index contributed by atoms with van der Waals surface area (Å²) < 4.78 is 15.4. The lowest BCUT2D eigenvalue weighted by Crippen LogP contribution is -2.36. The number of nitrogens with one attached hydrogen (secondary N) is 2. The normalized spacial score (nSPS) is 24.6. The number of Topliss-reactive ketones (excluding diaryl/α,β-unsaturated/α-hetero) is 1. The van der Waals surface area contributed by atoms with Crippen LogP contribution in [0.3, 0.4) is 0 Å². The third kappa shape index (κ3) is 6.53. The molecule has 1 fully saturated rings. The van der Waals surface area contributed by atoms with Crippen molar-refractivity contribution in [1.29, 1.82) is 0 Å². The number of aryl methyl sites for hydroxylation is 1. The Morgan fingerprint density at radius 2 is 1.95 bits per heavy atom. The molecule has 1 saturated carbocycles. The van der Waals surface area contributed by atoms with Crippen LogP contribution in [0.25, 0.3) is 16.5 Å². The molecule has 9 rings (SSSR count). The second kappa shape index (κ2) is 14.6. The van der Waals surface area contributed by atoms with Gasteiger partial charge in [-0.05, 0) is 89.6 Å². The quantitative estimate of drug-likeness (QED) is 0.0875. The molecule has 2 aromatic carbocycles. The number of fused-ring (bicyclic) bond motifs is 6. The number of carbonyl (C=O) groups is 1. The molecule has 284 valence electrons. The molecule has 55 heavy (non-hydrogen) atoms. The first kappa shape index (κ1) is 35.8. The molecule has 9 heteroatoms. The smallest absolute Gasteiger partial charge is 0.191 e. The number of nitrogens with zero attached hydrogens (tertiary/aromatic N) is 1. The number of benzene rings is 2. The maximum absolute atomic E-state index is 12.9. The molecule has 0 saturated heterocycles. The van der Waals surface area contributed by atoms with Crippen LogP contribution in [0.4, 0.5) is 0 Å². The number of hydrogen-bond donors (Lipinski definition) is 5. The molecule has 5 aliphatic rings. The van der Waals surface area contributed by atoms with Gasteiger partial charge in [0.1, 0.15) is 24.2 Å². The molecule has 9 nitrogen and oxygen atoms in total. The maximum atomic E-state index is 12.9. The molecule has 4 aromatic rings. The fourth-order valence-electron chi connectivity index (χ4n) is 9.80. The summed E-state index contributed by atoms with van der Waals surface area (Å²) in [5.41, 5.74) is 14.5. The first-order valence-corrected chi connectivity index (χ1v) is 20.3. The summed E-state index contributed by atoms with van der Waals surface area (Å²) in [7, 11) is 0. The fourth-order valence-corrected chi connectivity index (χ4v) is 9.80. The monoisotopic (exact) mass is 738 g/mol. The second-order valence-corrected chi connectivity index (χ2v) is 16.3. The average Bonchev–Trinajstić information content (AvgIpc) is 3.93. The van der Waals surface area contributed by atoms with E-state index < -0.39 is 29.8 Å². The number of aromatic nitrogens is 2. The van der Waals surface area contributed by atoms with Crippen LogP contribution < -0.4 is 20.5 Å². The lowest BCUT2D eigenvalue weighted by atomic mass is 9.71. The van der Waals surface area contributed by atoms with Crippen molar-refractivity contribution in [1.82, 2.24) is 14.9 Å². The Kier molecular flexibility index (Phi) is 9.50. The second-order valence-electron chi connectivity index (χ2n) is 16.3. The summed E-state index contributed by atoms with van der Waals surface area (Å²) in [5, 5.41) is 27.0. The zero-order valence-electron chi connectivity index (χ0n) is 31.5. The van der Waals surface area contributed by atoms with Crippen LogP contribution in [-0.4, -0.2) is 31.7 Å². The van der Waals surface area contributed by atoms with E-state index in [0.29, 0.717) is 30.8 Å². The van der Waals surface area contributed by atoms with E-state index in [2.05, 4.69) is 64.2 Å². The van der Waals surface area contributed by atoms with Gasteiger partial charge in [-0.25, -0.2) is 0 Å². The van der Waals surface area contributed by atoms with Crippen LogP contribution in [0.1, 0.15) is 142 Å². The number of H-pyrrole nitrogens is 1. The number of hydrogen-bond acceptors (Lipinski definition) is 7. The highest BCUT2D eigenvalue weighted by Gasteiger charge is 2.47. The Balaban J connectivity index is 1.12. The number of nitrogens with two attached hydrogens (primary N) is 1. The van der Waals surface area contributed by atoms with Gasteiger partial charge in [0.2, 0.25) is 0 Å². The molecule has 6 atom stereocenters. The Labute approximate surface area is 322 Å². The predicted molar refractivity (Wildman–Crippen MR) is 212 cm³/mol. The zero-order valence-corrected chi connectivity index (χ0v) is 31.5. The lowest BCUT2D eigenvalue weighted by Gasteiger charge is -2.37. The topological polar surface area (TPSA) is 135 Å². The summed E-state index contributed by atoms with van der Waals surface area (Å²) in [6, 6.07) is 9.85. The van der Waals surface area contributed by atoms with Crippen molar-refractivity contribution in [2.45, 2.75) is 121 Å². The molecule has 6 N–H and O–H groups in total. The van der Waals surface area contributed by atoms with Gasteiger partial charge in [0.15, 0.2) is 17.7 Å². The van der Waals surface area contributed by atoms with Crippen molar-refractivity contribution in [3.05, 3.63) is 88.5 Å². The number of aromatic amines is 1. The summed E-state index contributed by atoms with van der Waals surface area (Å²) >= 11 is 0. The molecule has 6 unspecified atom stereocenters. The van der Waals surface area contributed by atoms with Crippen molar-refractivity contribution < 1.29 is 24.5 Å². The first-order chi connectivity index (χ1) is 26.8. The molecule has 2 aromatic heterocycles. The van der Waals surface area contributed by atoms with E-state index in [1.165, 1.54) is 11.1 Å². The van der Waals surface area contributed by atoms with Crippen molar-refractivity contribution >= 4 is 22.3 Å². The Bertz CT molecular complexity index is 2290. The highest BCUT2D eigenvalue weighted by molar-refractivity contribution is 5.86. The predicted octanol–water partition coefficient (Wildman–Crippen LogP) is 7.79. The van der Waals surface area contributed by atoms with Crippen LogP contribution in [-0.2, 0) is 11.2 Å². The number of allylic oxidation sites excluding steroid dienone is 1. The van der Waals surface area contributed by atoms with Crippen LogP contribution in [0.15, 0.2) is 55.1 Å². The van der Waals surface area contributed by atoms with Gasteiger partial charge in [-0.15, -0.1) is 0 Å². The van der Waals surface area contributed by atoms with Crippen LogP contribution in [0.5, 0.6) is 11.5 Å². The van der Waals surface area contributed by atoms with Gasteiger partial charge >= 0.3 is 0 Å². The van der Waals surface area contributed by atoms with Crippen molar-refractivity contribution in [3.63, 3.8) is 0 Å². The number of aliphatic hydroxyl groups excluding tert-OH is 2. The SMILES string of the molecule is CCCCCC(O)CC(=O)CCc1ccc2c(c1)OC1C(C#CC(O)c3ccc4c5c3C(CCC5=CNC4N)c3c[nH]c4cn1cc34)C1(C#CO2)CCCC1. The third-order valence-electron chi connectivity index (χ3n) is 12.7. The van der Waals surface area contributed by atoms with E-state index in [-0.39, 0.29) is 24.3 Å². The number of ketones is 1. The zero-order chi connectivity index (χ0) is 37.7.